The Hall–Kier alpha value is -4.51. The summed E-state index contributed by atoms with van der Waals surface area (Å²) in [4.78, 5) is 27.7. The lowest BCUT2D eigenvalue weighted by Gasteiger charge is -2.15. The molecule has 0 fully saturated rings. The fourth-order valence-electron chi connectivity index (χ4n) is 3.44. The van der Waals surface area contributed by atoms with Crippen molar-refractivity contribution in [2.45, 2.75) is 6.92 Å². The number of carbonyl (C=O) groups excluding carboxylic acids is 2. The van der Waals surface area contributed by atoms with Crippen LogP contribution < -0.4 is 15.0 Å². The van der Waals surface area contributed by atoms with Crippen molar-refractivity contribution < 1.29 is 23.1 Å². The van der Waals surface area contributed by atoms with Crippen LogP contribution in [0.5, 0.6) is 5.75 Å². The van der Waals surface area contributed by atoms with Gasteiger partial charge in [0, 0.05) is 11.8 Å². The van der Waals surface area contributed by atoms with Crippen LogP contribution >= 0.6 is 0 Å². The average Bonchev–Trinajstić information content (AvgIpc) is 3.06. The average molecular weight is 445 g/mol. The molecule has 1 heterocycles. The van der Waals surface area contributed by atoms with E-state index >= 15 is 0 Å². The standard InChI is InChI=1S/C25H17F2N3O3/c1-2-33-19-10-5-16(6-11-19)22-23(29-17-7-12-20(26)21(27)13-17)25(32)30(24(22)31)18-8-3-15(14-28)4-9-18/h3-13,29H,2H2,1H3. The maximum atomic E-state index is 13.7. The lowest BCUT2D eigenvalue weighted by molar-refractivity contribution is -0.120. The van der Waals surface area contributed by atoms with Gasteiger partial charge < -0.3 is 10.1 Å². The molecule has 0 unspecified atom stereocenters. The molecule has 6 nitrogen and oxygen atoms in total. The molecular formula is C25H17F2N3O3. The van der Waals surface area contributed by atoms with Gasteiger partial charge in [-0.15, -0.1) is 0 Å². The normalized spacial score (nSPS) is 13.3. The first kappa shape index (κ1) is 21.7. The van der Waals surface area contributed by atoms with Crippen LogP contribution in [-0.2, 0) is 9.59 Å². The highest BCUT2D eigenvalue weighted by Crippen LogP contribution is 2.34. The van der Waals surface area contributed by atoms with Crippen molar-refractivity contribution in [3.8, 4) is 11.8 Å². The zero-order valence-electron chi connectivity index (χ0n) is 17.4. The molecule has 0 bridgehead atoms. The van der Waals surface area contributed by atoms with E-state index in [1.165, 1.54) is 30.3 Å². The molecule has 0 saturated carbocycles. The Morgan fingerprint density at radius 2 is 1.64 bits per heavy atom. The molecule has 8 heteroatoms. The van der Waals surface area contributed by atoms with Crippen LogP contribution in [0.25, 0.3) is 5.57 Å². The Morgan fingerprint density at radius 3 is 2.24 bits per heavy atom. The number of ether oxygens (including phenoxy) is 1. The number of benzene rings is 3. The lowest BCUT2D eigenvalue weighted by atomic mass is 10.0. The maximum Gasteiger partial charge on any atom is 0.282 e. The molecule has 3 aromatic carbocycles. The third-order valence-electron chi connectivity index (χ3n) is 4.98. The molecule has 1 aliphatic heterocycles. The number of nitriles is 1. The highest BCUT2D eigenvalue weighted by Gasteiger charge is 2.40. The summed E-state index contributed by atoms with van der Waals surface area (Å²) in [7, 11) is 0. The first-order chi connectivity index (χ1) is 15.9. The summed E-state index contributed by atoms with van der Waals surface area (Å²) in [6, 6.07) is 17.7. The third kappa shape index (κ3) is 4.16. The second-order valence-electron chi connectivity index (χ2n) is 7.07. The van der Waals surface area contributed by atoms with Crippen LogP contribution in [0.15, 0.2) is 72.4 Å². The molecule has 0 aliphatic carbocycles. The SMILES string of the molecule is CCOc1ccc(C2=C(Nc3ccc(F)c(F)c3)C(=O)N(c3ccc(C#N)cc3)C2=O)cc1. The van der Waals surface area contributed by atoms with E-state index in [9.17, 15) is 18.4 Å². The van der Waals surface area contributed by atoms with Crippen molar-refractivity contribution in [1.29, 1.82) is 5.26 Å². The summed E-state index contributed by atoms with van der Waals surface area (Å²) in [6.45, 7) is 2.31. The van der Waals surface area contributed by atoms with E-state index in [4.69, 9.17) is 10.00 Å². The number of nitrogens with zero attached hydrogens (tertiary/aromatic N) is 2. The fraction of sp³-hybridized carbons (Fsp3) is 0.0800. The lowest BCUT2D eigenvalue weighted by Crippen LogP contribution is -2.32. The van der Waals surface area contributed by atoms with E-state index < -0.39 is 23.4 Å². The first-order valence-corrected chi connectivity index (χ1v) is 10.0. The molecule has 0 aromatic heterocycles. The molecule has 0 radical (unpaired) electrons. The predicted molar refractivity (Wildman–Crippen MR) is 118 cm³/mol. The minimum absolute atomic E-state index is 0.0668. The molecule has 1 N–H and O–H groups in total. The van der Waals surface area contributed by atoms with Crippen LogP contribution in [0.4, 0.5) is 20.2 Å². The zero-order valence-corrected chi connectivity index (χ0v) is 17.4. The molecular weight excluding hydrogens is 428 g/mol. The number of rotatable bonds is 6. The number of nitrogens with one attached hydrogen (secondary N) is 1. The van der Waals surface area contributed by atoms with Crippen molar-refractivity contribution in [3.63, 3.8) is 0 Å². The van der Waals surface area contributed by atoms with Gasteiger partial charge in [-0.05, 0) is 61.0 Å². The number of anilines is 2. The molecule has 164 valence electrons. The number of hydrogen-bond acceptors (Lipinski definition) is 5. The van der Waals surface area contributed by atoms with E-state index in [2.05, 4.69) is 5.32 Å². The van der Waals surface area contributed by atoms with Gasteiger partial charge in [0.05, 0.1) is 29.5 Å². The Balaban J connectivity index is 1.79. The monoisotopic (exact) mass is 445 g/mol. The highest BCUT2D eigenvalue weighted by atomic mass is 19.2. The Bertz CT molecular complexity index is 1310. The largest absolute Gasteiger partial charge is 0.494 e. The van der Waals surface area contributed by atoms with Gasteiger partial charge in [-0.3, -0.25) is 9.59 Å². The van der Waals surface area contributed by atoms with Crippen molar-refractivity contribution in [1.82, 2.24) is 0 Å². The van der Waals surface area contributed by atoms with Crippen molar-refractivity contribution in [2.24, 2.45) is 0 Å². The number of hydrogen-bond donors (Lipinski definition) is 1. The molecule has 3 aromatic rings. The smallest absolute Gasteiger partial charge is 0.282 e. The quantitative estimate of drug-likeness (QED) is 0.560. The third-order valence-corrected chi connectivity index (χ3v) is 4.98. The molecule has 2 amide bonds. The summed E-state index contributed by atoms with van der Waals surface area (Å²) in [5, 5.41) is 11.8. The van der Waals surface area contributed by atoms with Gasteiger partial charge in [0.25, 0.3) is 11.8 Å². The summed E-state index contributed by atoms with van der Waals surface area (Å²) in [6.07, 6.45) is 0. The second kappa shape index (κ2) is 8.93. The first-order valence-electron chi connectivity index (χ1n) is 10.0. The number of carbonyl (C=O) groups is 2. The minimum Gasteiger partial charge on any atom is -0.494 e. The van der Waals surface area contributed by atoms with Gasteiger partial charge in [-0.25, -0.2) is 13.7 Å². The molecule has 0 atom stereocenters. The molecule has 0 spiro atoms. The van der Waals surface area contributed by atoms with E-state index in [1.807, 2.05) is 13.0 Å². The van der Waals surface area contributed by atoms with Crippen LogP contribution in [0, 0.1) is 23.0 Å². The van der Waals surface area contributed by atoms with Gasteiger partial charge in [-0.1, -0.05) is 12.1 Å². The van der Waals surface area contributed by atoms with Crippen LogP contribution in [-0.4, -0.2) is 18.4 Å². The number of imide groups is 1. The fourth-order valence-corrected chi connectivity index (χ4v) is 3.44. The zero-order chi connectivity index (χ0) is 23.5. The molecule has 1 aliphatic rings. The summed E-state index contributed by atoms with van der Waals surface area (Å²) in [5.74, 6) is -2.80. The maximum absolute atomic E-state index is 13.7. The second-order valence-corrected chi connectivity index (χ2v) is 7.07. The Kier molecular flexibility index (Phi) is 5.87. The van der Waals surface area contributed by atoms with Crippen LogP contribution in [0.3, 0.4) is 0 Å². The van der Waals surface area contributed by atoms with Gasteiger partial charge in [-0.2, -0.15) is 5.26 Å². The van der Waals surface area contributed by atoms with Crippen LogP contribution in [0.2, 0.25) is 0 Å². The van der Waals surface area contributed by atoms with E-state index in [0.717, 1.165) is 17.0 Å². The summed E-state index contributed by atoms with van der Waals surface area (Å²) < 4.78 is 32.5. The number of halogens is 2. The van der Waals surface area contributed by atoms with E-state index in [1.54, 1.807) is 24.3 Å². The number of amides is 2. The Labute approximate surface area is 188 Å². The van der Waals surface area contributed by atoms with Gasteiger partial charge >= 0.3 is 0 Å². The van der Waals surface area contributed by atoms with Gasteiger partial charge in [0.1, 0.15) is 11.4 Å². The van der Waals surface area contributed by atoms with Crippen molar-refractivity contribution in [3.05, 3.63) is 95.2 Å². The van der Waals surface area contributed by atoms with Gasteiger partial charge in [0.15, 0.2) is 11.6 Å². The van der Waals surface area contributed by atoms with E-state index in [0.29, 0.717) is 23.5 Å². The summed E-state index contributed by atoms with van der Waals surface area (Å²) in [5.41, 5.74) is 1.18. The van der Waals surface area contributed by atoms with E-state index in [-0.39, 0.29) is 22.6 Å². The van der Waals surface area contributed by atoms with Crippen molar-refractivity contribution in [2.75, 3.05) is 16.8 Å². The highest BCUT2D eigenvalue weighted by molar-refractivity contribution is 6.46. The van der Waals surface area contributed by atoms with Crippen molar-refractivity contribution >= 4 is 28.8 Å². The van der Waals surface area contributed by atoms with Gasteiger partial charge in [0.2, 0.25) is 0 Å². The topological polar surface area (TPSA) is 82.4 Å². The predicted octanol–water partition coefficient (Wildman–Crippen LogP) is 4.63. The molecule has 0 saturated heterocycles. The minimum atomic E-state index is -1.09. The Morgan fingerprint density at radius 1 is 0.939 bits per heavy atom. The summed E-state index contributed by atoms with van der Waals surface area (Å²) >= 11 is 0. The molecule has 33 heavy (non-hydrogen) atoms. The molecule has 4 rings (SSSR count). The van der Waals surface area contributed by atoms with Crippen LogP contribution in [0.1, 0.15) is 18.1 Å².